The number of hydrogen-bond donors (Lipinski definition) is 1. The molecule has 0 aromatic carbocycles. The van der Waals surface area contributed by atoms with Crippen molar-refractivity contribution in [2.24, 2.45) is 5.41 Å². The highest BCUT2D eigenvalue weighted by molar-refractivity contribution is 14.1. The number of ether oxygens (including phenoxy) is 1. The van der Waals surface area contributed by atoms with E-state index in [9.17, 15) is 5.11 Å². The molecular weight excluding hydrogens is 537 g/mol. The normalized spacial score (nSPS) is 30.1. The van der Waals surface area contributed by atoms with Crippen molar-refractivity contribution in [3.05, 3.63) is 51.9 Å². The standard InChI is InChI=1S/C28H38IN3O2/c1-15(2)23-21-22(20-17(32-23)11-27(6,7)12-18(20)33)28(10-8-9-19(28)29)34-24(21)16-13-30-25(31-14-16)26(3,4)5/h13-15,18-19,24,33H,8-12H2,1-7H3. The van der Waals surface area contributed by atoms with E-state index in [2.05, 4.69) is 71.1 Å². The molecule has 3 aliphatic rings. The van der Waals surface area contributed by atoms with E-state index in [1.165, 1.54) is 11.1 Å². The Hall–Kier alpha value is -1.12. The number of halogens is 1. The van der Waals surface area contributed by atoms with E-state index in [1.54, 1.807) is 0 Å². The third-order valence-corrected chi connectivity index (χ3v) is 9.45. The Balaban J connectivity index is 1.76. The first-order valence-electron chi connectivity index (χ1n) is 12.7. The highest BCUT2D eigenvalue weighted by Gasteiger charge is 2.56. The summed E-state index contributed by atoms with van der Waals surface area (Å²) in [5, 5.41) is 11.5. The zero-order chi connectivity index (χ0) is 24.6. The van der Waals surface area contributed by atoms with Crippen molar-refractivity contribution in [2.75, 3.05) is 0 Å². The molecule has 5 nitrogen and oxygen atoms in total. The van der Waals surface area contributed by atoms with E-state index in [0.717, 1.165) is 60.4 Å². The van der Waals surface area contributed by atoms with Gasteiger partial charge in [-0.2, -0.15) is 0 Å². The Morgan fingerprint density at radius 1 is 1.15 bits per heavy atom. The molecular formula is C28H38IN3O2. The molecule has 3 heterocycles. The maximum atomic E-state index is 11.5. The molecule has 2 aromatic rings. The summed E-state index contributed by atoms with van der Waals surface area (Å²) in [7, 11) is 0. The molecule has 1 N–H and O–H groups in total. The third kappa shape index (κ3) is 3.83. The van der Waals surface area contributed by atoms with Gasteiger partial charge in [-0.05, 0) is 43.4 Å². The van der Waals surface area contributed by atoms with E-state index in [-0.39, 0.29) is 28.5 Å². The van der Waals surface area contributed by atoms with Crippen LogP contribution >= 0.6 is 22.6 Å². The van der Waals surface area contributed by atoms with Crippen molar-refractivity contribution in [1.29, 1.82) is 0 Å². The number of aliphatic hydroxyl groups excluding tert-OH is 1. The van der Waals surface area contributed by atoms with Crippen molar-refractivity contribution >= 4 is 22.6 Å². The first kappa shape index (κ1) is 24.6. The van der Waals surface area contributed by atoms with Crippen LogP contribution in [0.4, 0.5) is 0 Å². The first-order chi connectivity index (χ1) is 15.8. The lowest BCUT2D eigenvalue weighted by Gasteiger charge is -2.39. The van der Waals surface area contributed by atoms with Gasteiger partial charge in [-0.1, -0.05) is 71.1 Å². The van der Waals surface area contributed by atoms with Crippen LogP contribution in [0.1, 0.15) is 132 Å². The van der Waals surface area contributed by atoms with Gasteiger partial charge in [0.2, 0.25) is 0 Å². The summed E-state index contributed by atoms with van der Waals surface area (Å²) < 4.78 is 7.48. The maximum absolute atomic E-state index is 11.5. The number of pyridine rings is 1. The fraction of sp³-hybridized carbons (Fsp3) is 0.679. The lowest BCUT2D eigenvalue weighted by Crippen LogP contribution is -2.35. The lowest BCUT2D eigenvalue weighted by molar-refractivity contribution is -0.0518. The zero-order valence-electron chi connectivity index (χ0n) is 21.6. The fourth-order valence-corrected chi connectivity index (χ4v) is 7.47. The molecule has 5 rings (SSSR count). The van der Waals surface area contributed by atoms with Crippen LogP contribution in [0.25, 0.3) is 0 Å². The molecule has 0 amide bonds. The molecule has 0 bridgehead atoms. The van der Waals surface area contributed by atoms with Gasteiger partial charge in [-0.15, -0.1) is 0 Å². The van der Waals surface area contributed by atoms with E-state index in [4.69, 9.17) is 19.7 Å². The summed E-state index contributed by atoms with van der Waals surface area (Å²) in [5.41, 5.74) is 6.17. The molecule has 1 fully saturated rings. The molecule has 1 spiro atoms. The fourth-order valence-electron chi connectivity index (χ4n) is 6.26. The Morgan fingerprint density at radius 2 is 1.82 bits per heavy atom. The largest absolute Gasteiger partial charge is 0.388 e. The molecule has 6 heteroatoms. The highest BCUT2D eigenvalue weighted by Crippen LogP contribution is 2.61. The Morgan fingerprint density at radius 3 is 2.38 bits per heavy atom. The minimum atomic E-state index is -0.510. The highest BCUT2D eigenvalue weighted by atomic mass is 127. The van der Waals surface area contributed by atoms with Gasteiger partial charge < -0.3 is 9.84 Å². The summed E-state index contributed by atoms with van der Waals surface area (Å²) in [5.74, 6) is 1.09. The van der Waals surface area contributed by atoms with E-state index < -0.39 is 6.10 Å². The van der Waals surface area contributed by atoms with Crippen molar-refractivity contribution in [3.63, 3.8) is 0 Å². The Kier molecular flexibility index (Phi) is 5.93. The minimum absolute atomic E-state index is 0.0317. The van der Waals surface area contributed by atoms with Gasteiger partial charge in [0.15, 0.2) is 0 Å². The van der Waals surface area contributed by atoms with E-state index in [0.29, 0.717) is 3.92 Å². The van der Waals surface area contributed by atoms with Gasteiger partial charge in [-0.25, -0.2) is 9.97 Å². The number of nitrogens with zero attached hydrogens (tertiary/aromatic N) is 3. The second-order valence-corrected chi connectivity index (χ2v) is 14.2. The predicted octanol–water partition coefficient (Wildman–Crippen LogP) is 6.60. The van der Waals surface area contributed by atoms with Crippen LogP contribution in [0.2, 0.25) is 0 Å². The van der Waals surface area contributed by atoms with Crippen LogP contribution in [0.3, 0.4) is 0 Å². The molecule has 0 saturated heterocycles. The summed E-state index contributed by atoms with van der Waals surface area (Å²) in [6.07, 6.45) is 8.02. The predicted molar refractivity (Wildman–Crippen MR) is 142 cm³/mol. The van der Waals surface area contributed by atoms with Crippen LogP contribution < -0.4 is 0 Å². The number of fused-ring (bicyclic) bond motifs is 4. The number of aliphatic hydroxyl groups is 1. The molecule has 1 saturated carbocycles. The molecule has 34 heavy (non-hydrogen) atoms. The SMILES string of the molecule is CC(C)c1nc2c(c3c1C(c1cnc(C(C)(C)C)nc1)OC31CCCC1I)C(O)CC(C)(C)C2. The number of rotatable bonds is 2. The van der Waals surface area contributed by atoms with Crippen LogP contribution in [-0.4, -0.2) is 24.0 Å². The maximum Gasteiger partial charge on any atom is 0.133 e. The first-order valence-corrected chi connectivity index (χ1v) is 14.0. The van der Waals surface area contributed by atoms with Crippen LogP contribution in [0.5, 0.6) is 0 Å². The number of hydrogen-bond acceptors (Lipinski definition) is 5. The summed E-state index contributed by atoms with van der Waals surface area (Å²) in [6, 6.07) is 0. The van der Waals surface area contributed by atoms with Gasteiger partial charge in [0, 0.05) is 55.4 Å². The van der Waals surface area contributed by atoms with Gasteiger partial charge >= 0.3 is 0 Å². The molecule has 0 radical (unpaired) electrons. The second-order valence-electron chi connectivity index (χ2n) is 12.7. The smallest absolute Gasteiger partial charge is 0.133 e. The van der Waals surface area contributed by atoms with Gasteiger partial charge in [0.05, 0.1) is 6.10 Å². The van der Waals surface area contributed by atoms with E-state index in [1.807, 2.05) is 12.4 Å². The van der Waals surface area contributed by atoms with Crippen molar-refractivity contribution in [3.8, 4) is 0 Å². The Labute approximate surface area is 217 Å². The van der Waals surface area contributed by atoms with Crippen molar-refractivity contribution in [1.82, 2.24) is 15.0 Å². The lowest BCUT2D eigenvalue weighted by atomic mass is 9.70. The van der Waals surface area contributed by atoms with Crippen LogP contribution in [-0.2, 0) is 22.2 Å². The Bertz CT molecular complexity index is 1110. The quantitative estimate of drug-likeness (QED) is 0.323. The molecule has 2 aliphatic carbocycles. The molecule has 4 unspecified atom stereocenters. The summed E-state index contributed by atoms with van der Waals surface area (Å²) in [6.45, 7) is 15.3. The average molecular weight is 576 g/mol. The second kappa shape index (κ2) is 8.20. The van der Waals surface area contributed by atoms with Gasteiger partial charge in [0.25, 0.3) is 0 Å². The van der Waals surface area contributed by atoms with Crippen molar-refractivity contribution in [2.45, 2.75) is 114 Å². The van der Waals surface area contributed by atoms with Crippen LogP contribution in [0.15, 0.2) is 12.4 Å². The molecule has 184 valence electrons. The number of alkyl halides is 1. The molecule has 2 aromatic heterocycles. The monoisotopic (exact) mass is 575 g/mol. The average Bonchev–Trinajstić information content (AvgIpc) is 3.27. The topological polar surface area (TPSA) is 68.1 Å². The van der Waals surface area contributed by atoms with Gasteiger partial charge in [-0.3, -0.25) is 4.98 Å². The zero-order valence-corrected chi connectivity index (χ0v) is 23.7. The third-order valence-electron chi connectivity index (χ3n) is 7.82. The molecule has 1 aliphatic heterocycles. The summed E-state index contributed by atoms with van der Waals surface area (Å²) in [4.78, 5) is 14.7. The minimum Gasteiger partial charge on any atom is -0.388 e. The molecule has 4 atom stereocenters. The summed E-state index contributed by atoms with van der Waals surface area (Å²) >= 11 is 2.59. The van der Waals surface area contributed by atoms with Crippen LogP contribution in [0, 0.1) is 5.41 Å². The van der Waals surface area contributed by atoms with E-state index >= 15 is 0 Å². The number of aromatic nitrogens is 3. The van der Waals surface area contributed by atoms with Gasteiger partial charge in [0.1, 0.15) is 17.5 Å². The van der Waals surface area contributed by atoms with Crippen molar-refractivity contribution < 1.29 is 9.84 Å².